The maximum Gasteiger partial charge on any atom is 0.242 e. The van der Waals surface area contributed by atoms with E-state index in [0.717, 1.165) is 0 Å². The van der Waals surface area contributed by atoms with Gasteiger partial charge in [-0.1, -0.05) is 6.08 Å². The molecule has 0 saturated heterocycles. The monoisotopic (exact) mass is 265 g/mol. The van der Waals surface area contributed by atoms with Crippen LogP contribution in [-0.2, 0) is 10.0 Å². The average molecular weight is 265 g/mol. The van der Waals surface area contributed by atoms with Gasteiger partial charge >= 0.3 is 0 Å². The van der Waals surface area contributed by atoms with Crippen molar-refractivity contribution in [2.45, 2.75) is 24.3 Å². The van der Waals surface area contributed by atoms with Gasteiger partial charge in [-0.05, 0) is 31.5 Å². The summed E-state index contributed by atoms with van der Waals surface area (Å²) in [6.07, 6.45) is 2.14. The average Bonchev–Trinajstić information content (AvgIpc) is 2.27. The SMILES string of the molecule is C=CCC(C)NS(=O)(=O)c1ccc(N)cc1C#N. The van der Waals surface area contributed by atoms with Gasteiger partial charge in [0.25, 0.3) is 0 Å². The van der Waals surface area contributed by atoms with E-state index in [4.69, 9.17) is 11.0 Å². The van der Waals surface area contributed by atoms with Gasteiger partial charge < -0.3 is 5.73 Å². The highest BCUT2D eigenvalue weighted by molar-refractivity contribution is 7.89. The van der Waals surface area contributed by atoms with Gasteiger partial charge in [0.2, 0.25) is 10.0 Å². The fourth-order valence-corrected chi connectivity index (χ4v) is 2.89. The molecular weight excluding hydrogens is 250 g/mol. The van der Waals surface area contributed by atoms with E-state index in [2.05, 4.69) is 11.3 Å². The van der Waals surface area contributed by atoms with Crippen molar-refractivity contribution in [1.82, 2.24) is 4.72 Å². The zero-order chi connectivity index (χ0) is 13.8. The standard InChI is InChI=1S/C12H15N3O2S/c1-3-4-9(2)15-18(16,17)12-6-5-11(14)7-10(12)8-13/h3,5-7,9,15H,1,4,14H2,2H3. The summed E-state index contributed by atoms with van der Waals surface area (Å²) in [5, 5.41) is 8.93. The molecule has 1 rings (SSSR count). The Balaban J connectivity index is 3.13. The molecule has 0 bridgehead atoms. The first-order chi connectivity index (χ1) is 8.40. The van der Waals surface area contributed by atoms with Crippen molar-refractivity contribution in [2.24, 2.45) is 0 Å². The molecular formula is C12H15N3O2S. The van der Waals surface area contributed by atoms with E-state index >= 15 is 0 Å². The number of nitrogen functional groups attached to an aromatic ring is 1. The highest BCUT2D eigenvalue weighted by atomic mass is 32.2. The summed E-state index contributed by atoms with van der Waals surface area (Å²) >= 11 is 0. The van der Waals surface area contributed by atoms with E-state index in [9.17, 15) is 8.42 Å². The third-order valence-electron chi connectivity index (χ3n) is 2.29. The summed E-state index contributed by atoms with van der Waals surface area (Å²) in [6, 6.07) is 5.67. The van der Waals surface area contributed by atoms with Crippen LogP contribution >= 0.6 is 0 Å². The molecule has 96 valence electrons. The number of hydrogen-bond donors (Lipinski definition) is 2. The summed E-state index contributed by atoms with van der Waals surface area (Å²) in [5.41, 5.74) is 5.90. The van der Waals surface area contributed by atoms with E-state index in [0.29, 0.717) is 12.1 Å². The third-order valence-corrected chi connectivity index (χ3v) is 3.94. The highest BCUT2D eigenvalue weighted by Gasteiger charge is 2.20. The lowest BCUT2D eigenvalue weighted by Crippen LogP contribution is -2.32. The minimum absolute atomic E-state index is 0.0355. The van der Waals surface area contributed by atoms with Gasteiger partial charge in [0, 0.05) is 11.7 Å². The molecule has 18 heavy (non-hydrogen) atoms. The molecule has 0 aliphatic heterocycles. The van der Waals surface area contributed by atoms with Crippen molar-refractivity contribution >= 4 is 15.7 Å². The lowest BCUT2D eigenvalue weighted by molar-refractivity contribution is 0.562. The number of anilines is 1. The second-order valence-corrected chi connectivity index (χ2v) is 5.60. The second-order valence-electron chi connectivity index (χ2n) is 3.91. The normalized spacial score (nSPS) is 12.7. The minimum Gasteiger partial charge on any atom is -0.399 e. The number of nitriles is 1. The second kappa shape index (κ2) is 5.67. The van der Waals surface area contributed by atoms with E-state index in [-0.39, 0.29) is 16.5 Å². The third kappa shape index (κ3) is 3.32. The molecule has 0 aromatic heterocycles. The number of rotatable bonds is 5. The molecule has 1 atom stereocenters. The van der Waals surface area contributed by atoms with Crippen LogP contribution in [-0.4, -0.2) is 14.5 Å². The molecule has 1 aromatic rings. The summed E-state index contributed by atoms with van der Waals surface area (Å²) in [7, 11) is -3.72. The summed E-state index contributed by atoms with van der Waals surface area (Å²) < 4.78 is 26.6. The predicted octanol–water partition coefficient (Wildman–Crippen LogP) is 1.38. The van der Waals surface area contributed by atoms with Crippen LogP contribution in [0.5, 0.6) is 0 Å². The Morgan fingerprint density at radius 3 is 2.83 bits per heavy atom. The van der Waals surface area contributed by atoms with Crippen LogP contribution in [0.4, 0.5) is 5.69 Å². The Morgan fingerprint density at radius 2 is 2.28 bits per heavy atom. The van der Waals surface area contributed by atoms with Crippen molar-refractivity contribution in [3.8, 4) is 6.07 Å². The van der Waals surface area contributed by atoms with E-state index in [1.54, 1.807) is 13.0 Å². The summed E-state index contributed by atoms with van der Waals surface area (Å²) in [6.45, 7) is 5.27. The molecule has 0 saturated carbocycles. The first kappa shape index (κ1) is 14.2. The van der Waals surface area contributed by atoms with Gasteiger partial charge in [-0.25, -0.2) is 13.1 Å². The van der Waals surface area contributed by atoms with Crippen molar-refractivity contribution in [3.63, 3.8) is 0 Å². The van der Waals surface area contributed by atoms with Crippen LogP contribution in [0.1, 0.15) is 18.9 Å². The van der Waals surface area contributed by atoms with E-state index in [1.807, 2.05) is 6.07 Å². The maximum absolute atomic E-state index is 12.1. The molecule has 0 spiro atoms. The van der Waals surface area contributed by atoms with Crippen LogP contribution in [0.3, 0.4) is 0 Å². The van der Waals surface area contributed by atoms with Crippen LogP contribution in [0.15, 0.2) is 35.7 Å². The van der Waals surface area contributed by atoms with E-state index < -0.39 is 10.0 Å². The van der Waals surface area contributed by atoms with E-state index in [1.165, 1.54) is 18.2 Å². The molecule has 1 unspecified atom stereocenters. The molecule has 0 aliphatic carbocycles. The lowest BCUT2D eigenvalue weighted by Gasteiger charge is -2.13. The van der Waals surface area contributed by atoms with Crippen molar-refractivity contribution < 1.29 is 8.42 Å². The Kier molecular flexibility index (Phi) is 4.48. The molecule has 6 heteroatoms. The topological polar surface area (TPSA) is 96.0 Å². The molecule has 0 heterocycles. The summed E-state index contributed by atoms with van der Waals surface area (Å²) in [5.74, 6) is 0. The Bertz CT molecular complexity index is 588. The number of nitrogens with two attached hydrogens (primary N) is 1. The zero-order valence-electron chi connectivity index (χ0n) is 10.1. The van der Waals surface area contributed by atoms with Crippen LogP contribution in [0.25, 0.3) is 0 Å². The zero-order valence-corrected chi connectivity index (χ0v) is 10.9. The fraction of sp³-hybridized carbons (Fsp3) is 0.250. The van der Waals surface area contributed by atoms with Gasteiger partial charge in [-0.3, -0.25) is 0 Å². The first-order valence-corrected chi connectivity index (χ1v) is 6.82. The van der Waals surface area contributed by atoms with Gasteiger partial charge in [0.1, 0.15) is 6.07 Å². The molecule has 3 N–H and O–H groups in total. The van der Waals surface area contributed by atoms with Crippen LogP contribution in [0.2, 0.25) is 0 Å². The number of nitrogens with zero attached hydrogens (tertiary/aromatic N) is 1. The van der Waals surface area contributed by atoms with Gasteiger partial charge in [0.05, 0.1) is 10.5 Å². The number of hydrogen-bond acceptors (Lipinski definition) is 4. The Morgan fingerprint density at radius 1 is 1.61 bits per heavy atom. The Labute approximate surface area is 107 Å². The molecule has 0 amide bonds. The molecule has 5 nitrogen and oxygen atoms in total. The minimum atomic E-state index is -3.72. The Hall–Kier alpha value is -1.84. The first-order valence-electron chi connectivity index (χ1n) is 5.33. The smallest absolute Gasteiger partial charge is 0.242 e. The lowest BCUT2D eigenvalue weighted by atomic mass is 10.2. The summed E-state index contributed by atoms with van der Waals surface area (Å²) in [4.78, 5) is -0.0601. The van der Waals surface area contributed by atoms with Crippen molar-refractivity contribution in [1.29, 1.82) is 5.26 Å². The quantitative estimate of drug-likeness (QED) is 0.621. The number of nitrogens with one attached hydrogen (secondary N) is 1. The van der Waals surface area contributed by atoms with Crippen molar-refractivity contribution in [3.05, 3.63) is 36.4 Å². The van der Waals surface area contributed by atoms with Gasteiger partial charge in [-0.2, -0.15) is 5.26 Å². The number of benzene rings is 1. The van der Waals surface area contributed by atoms with Gasteiger partial charge in [-0.15, -0.1) is 6.58 Å². The molecule has 0 radical (unpaired) electrons. The van der Waals surface area contributed by atoms with Crippen LogP contribution in [0, 0.1) is 11.3 Å². The molecule has 0 fully saturated rings. The largest absolute Gasteiger partial charge is 0.399 e. The van der Waals surface area contributed by atoms with Crippen LogP contribution < -0.4 is 10.5 Å². The van der Waals surface area contributed by atoms with Crippen molar-refractivity contribution in [2.75, 3.05) is 5.73 Å². The maximum atomic E-state index is 12.1. The fourth-order valence-electron chi connectivity index (χ4n) is 1.50. The molecule has 1 aromatic carbocycles. The van der Waals surface area contributed by atoms with Gasteiger partial charge in [0.15, 0.2) is 0 Å². The number of sulfonamides is 1. The molecule has 0 aliphatic rings. The predicted molar refractivity (Wildman–Crippen MR) is 70.2 cm³/mol. The highest BCUT2D eigenvalue weighted by Crippen LogP contribution is 2.18.